The lowest BCUT2D eigenvalue weighted by Crippen LogP contribution is -2.50. The summed E-state index contributed by atoms with van der Waals surface area (Å²) in [5, 5.41) is 6.00. The zero-order valence-corrected chi connectivity index (χ0v) is 33.6. The van der Waals surface area contributed by atoms with Gasteiger partial charge in [-0.15, -0.1) is 0 Å². The summed E-state index contributed by atoms with van der Waals surface area (Å²) >= 11 is 6.93. The van der Waals surface area contributed by atoms with Gasteiger partial charge >= 0.3 is 12.3 Å². The minimum Gasteiger partial charge on any atom is -0.497 e. The quantitative estimate of drug-likeness (QED) is 0.132. The van der Waals surface area contributed by atoms with Crippen LogP contribution in [-0.2, 0) is 22.2 Å². The van der Waals surface area contributed by atoms with E-state index in [0.29, 0.717) is 39.9 Å². The van der Waals surface area contributed by atoms with Gasteiger partial charge in [-0.1, -0.05) is 11.6 Å². The van der Waals surface area contributed by atoms with E-state index in [0.717, 1.165) is 23.9 Å². The number of rotatable bonds is 11. The standard InChI is InChI=1S/C40H43ClF3N7O7/c1-8-56-29-15-23(37(52)48-32-16-25(13-14-45-32)40(42,43)44)10-12-27(29)33-34-35(46-18-24-9-11-26(54-6)17-28(24)55-7)47-19-31(41)51(34)36(49-33)30-20-50(22(2)21-57-30)38(53)58-39(3,4)5/h9-17,19,22,30H,8,18,20-21H2,1-7H3,(H,46,47)(H,45,48,52). The summed E-state index contributed by atoms with van der Waals surface area (Å²) < 4.78 is 70.8. The number of ether oxygens (including phenoxy) is 5. The number of carbonyl (C=O) groups is 2. The van der Waals surface area contributed by atoms with E-state index in [1.165, 1.54) is 18.3 Å². The van der Waals surface area contributed by atoms with Gasteiger partial charge in [0, 0.05) is 35.5 Å². The Morgan fingerprint density at radius 3 is 2.48 bits per heavy atom. The van der Waals surface area contributed by atoms with Crippen molar-refractivity contribution in [1.29, 1.82) is 0 Å². The zero-order valence-electron chi connectivity index (χ0n) is 32.9. The van der Waals surface area contributed by atoms with Crippen molar-refractivity contribution in [3.8, 4) is 28.5 Å². The number of fused-ring (bicyclic) bond motifs is 1. The second-order valence-electron chi connectivity index (χ2n) is 14.3. The van der Waals surface area contributed by atoms with Gasteiger partial charge in [0.1, 0.15) is 57.0 Å². The summed E-state index contributed by atoms with van der Waals surface area (Å²) in [6, 6.07) is 11.2. The molecule has 2 amide bonds. The minimum atomic E-state index is -4.63. The molecule has 308 valence electrons. The predicted octanol–water partition coefficient (Wildman–Crippen LogP) is 8.44. The summed E-state index contributed by atoms with van der Waals surface area (Å²) in [5.41, 5.74) is 0.372. The van der Waals surface area contributed by atoms with Crippen LogP contribution in [0.1, 0.15) is 68.0 Å². The molecule has 0 spiro atoms. The molecule has 0 saturated carbocycles. The number of carbonyl (C=O) groups excluding carboxylic acids is 2. The molecule has 2 N–H and O–H groups in total. The van der Waals surface area contributed by atoms with E-state index in [2.05, 4.69) is 20.6 Å². The average Bonchev–Trinajstić information content (AvgIpc) is 3.58. The lowest BCUT2D eigenvalue weighted by molar-refractivity contribution is -0.137. The van der Waals surface area contributed by atoms with Crippen LogP contribution in [0, 0.1) is 0 Å². The van der Waals surface area contributed by atoms with Crippen molar-refractivity contribution in [3.63, 3.8) is 0 Å². The molecule has 1 aliphatic rings. The smallest absolute Gasteiger partial charge is 0.416 e. The van der Waals surface area contributed by atoms with Crippen molar-refractivity contribution in [1.82, 2.24) is 24.3 Å². The molecular formula is C40H43ClF3N7O7. The van der Waals surface area contributed by atoms with E-state index >= 15 is 0 Å². The highest BCUT2D eigenvalue weighted by atomic mass is 35.5. The second-order valence-corrected chi connectivity index (χ2v) is 14.7. The molecule has 0 aliphatic carbocycles. The number of aromatic nitrogens is 4. The fourth-order valence-corrected chi connectivity index (χ4v) is 6.52. The average molecular weight is 826 g/mol. The molecule has 2 aromatic carbocycles. The van der Waals surface area contributed by atoms with Gasteiger partial charge in [-0.3, -0.25) is 9.20 Å². The summed E-state index contributed by atoms with van der Waals surface area (Å²) in [6.45, 7) is 9.68. The van der Waals surface area contributed by atoms with Gasteiger partial charge in [0.15, 0.2) is 5.82 Å². The van der Waals surface area contributed by atoms with E-state index in [1.54, 1.807) is 69.4 Å². The van der Waals surface area contributed by atoms with Gasteiger partial charge in [0.05, 0.1) is 51.8 Å². The highest BCUT2D eigenvalue weighted by Crippen LogP contribution is 2.40. The molecule has 6 rings (SSSR count). The first-order chi connectivity index (χ1) is 27.5. The number of nitrogens with zero attached hydrogens (tertiary/aromatic N) is 5. The first kappa shape index (κ1) is 41.8. The van der Waals surface area contributed by atoms with E-state index in [1.807, 2.05) is 13.0 Å². The summed E-state index contributed by atoms with van der Waals surface area (Å²) in [4.78, 5) is 42.0. The number of amides is 2. The summed E-state index contributed by atoms with van der Waals surface area (Å²) in [6.07, 6.45) is -3.48. The van der Waals surface area contributed by atoms with Gasteiger partial charge in [-0.05, 0) is 77.1 Å². The Balaban J connectivity index is 1.45. The molecule has 1 fully saturated rings. The summed E-state index contributed by atoms with van der Waals surface area (Å²) in [7, 11) is 3.12. The molecule has 4 heterocycles. The molecular weight excluding hydrogens is 783 g/mol. The maximum atomic E-state index is 13.4. The minimum absolute atomic E-state index is 0.0776. The first-order valence-corrected chi connectivity index (χ1v) is 18.6. The number of alkyl halides is 3. The number of benzene rings is 2. The van der Waals surface area contributed by atoms with Crippen molar-refractivity contribution in [2.75, 3.05) is 44.6 Å². The molecule has 58 heavy (non-hydrogen) atoms. The van der Waals surface area contributed by atoms with Crippen molar-refractivity contribution in [2.45, 2.75) is 65.1 Å². The van der Waals surface area contributed by atoms with Crippen molar-refractivity contribution in [2.24, 2.45) is 0 Å². The number of morpholine rings is 1. The second kappa shape index (κ2) is 17.0. The topological polar surface area (TPSA) is 151 Å². The predicted molar refractivity (Wildman–Crippen MR) is 210 cm³/mol. The first-order valence-electron chi connectivity index (χ1n) is 18.3. The Kier molecular flexibility index (Phi) is 12.2. The molecule has 14 nitrogen and oxygen atoms in total. The molecule has 18 heteroatoms. The van der Waals surface area contributed by atoms with Crippen molar-refractivity contribution >= 4 is 40.8 Å². The molecule has 0 bridgehead atoms. The maximum absolute atomic E-state index is 13.4. The Bertz CT molecular complexity index is 2320. The third-order valence-electron chi connectivity index (χ3n) is 9.06. The van der Waals surface area contributed by atoms with E-state index in [4.69, 9.17) is 40.3 Å². The Morgan fingerprint density at radius 2 is 1.79 bits per heavy atom. The maximum Gasteiger partial charge on any atom is 0.416 e. The van der Waals surface area contributed by atoms with Crippen molar-refractivity contribution in [3.05, 3.63) is 88.6 Å². The van der Waals surface area contributed by atoms with Gasteiger partial charge in [0.25, 0.3) is 5.91 Å². The van der Waals surface area contributed by atoms with E-state index < -0.39 is 35.4 Å². The fraction of sp³-hybridized carbons (Fsp3) is 0.375. The van der Waals surface area contributed by atoms with Crippen LogP contribution < -0.4 is 24.8 Å². The van der Waals surface area contributed by atoms with Gasteiger partial charge < -0.3 is 39.2 Å². The largest absolute Gasteiger partial charge is 0.497 e. The van der Waals surface area contributed by atoms with Gasteiger partial charge in [-0.25, -0.2) is 19.7 Å². The van der Waals surface area contributed by atoms with Crippen LogP contribution in [0.5, 0.6) is 17.2 Å². The highest BCUT2D eigenvalue weighted by molar-refractivity contribution is 6.30. The van der Waals surface area contributed by atoms with E-state index in [9.17, 15) is 22.8 Å². The molecule has 2 atom stereocenters. The van der Waals surface area contributed by atoms with Crippen LogP contribution >= 0.6 is 11.6 Å². The van der Waals surface area contributed by atoms with Gasteiger partial charge in [0.2, 0.25) is 0 Å². The van der Waals surface area contributed by atoms with Gasteiger partial charge in [-0.2, -0.15) is 13.2 Å². The normalized spacial score (nSPS) is 15.9. The fourth-order valence-electron chi connectivity index (χ4n) is 6.30. The molecule has 3 aromatic heterocycles. The lowest BCUT2D eigenvalue weighted by atomic mass is 10.1. The molecule has 5 aromatic rings. The third-order valence-corrected chi connectivity index (χ3v) is 9.33. The number of pyridine rings is 1. The van der Waals surface area contributed by atoms with Crippen LogP contribution in [0.25, 0.3) is 16.8 Å². The molecule has 2 unspecified atom stereocenters. The lowest BCUT2D eigenvalue weighted by Gasteiger charge is -2.38. The number of imidazole rings is 1. The molecule has 0 radical (unpaired) electrons. The zero-order chi connectivity index (χ0) is 41.9. The van der Waals surface area contributed by atoms with Crippen molar-refractivity contribution < 1.29 is 46.4 Å². The number of hydrogen-bond acceptors (Lipinski definition) is 11. The van der Waals surface area contributed by atoms with Crippen LogP contribution in [0.3, 0.4) is 0 Å². The molecule has 1 saturated heterocycles. The number of methoxy groups -OCH3 is 2. The monoisotopic (exact) mass is 825 g/mol. The SMILES string of the molecule is CCOc1cc(C(=O)Nc2cc(C(F)(F)F)ccn2)ccc1-c1nc(C2CN(C(=O)OC(C)(C)C)C(C)CO2)n2c(Cl)cnc(NCc3ccc(OC)cc3OC)c12. The Morgan fingerprint density at radius 1 is 1.02 bits per heavy atom. The Labute approximate surface area is 337 Å². The Hall–Kier alpha value is -5.81. The van der Waals surface area contributed by atoms with E-state index in [-0.39, 0.29) is 54.6 Å². The number of anilines is 2. The number of hydrogen-bond donors (Lipinski definition) is 2. The van der Waals surface area contributed by atoms with Crippen LogP contribution in [0.2, 0.25) is 5.15 Å². The summed E-state index contributed by atoms with van der Waals surface area (Å²) in [5.74, 6) is 1.14. The number of nitrogens with one attached hydrogen (secondary N) is 2. The van der Waals surface area contributed by atoms with Crippen LogP contribution in [-0.4, -0.2) is 81.9 Å². The number of halogens is 4. The van der Waals surface area contributed by atoms with Crippen LogP contribution in [0.15, 0.2) is 60.9 Å². The third kappa shape index (κ3) is 9.15. The highest BCUT2D eigenvalue weighted by Gasteiger charge is 2.37. The molecule has 1 aliphatic heterocycles. The van der Waals surface area contributed by atoms with Crippen LogP contribution in [0.4, 0.5) is 29.6 Å².